The molecule has 0 amide bonds. The molecule has 1 aliphatic carbocycles. The first-order valence-electron chi connectivity index (χ1n) is 6.06. The zero-order valence-electron chi connectivity index (χ0n) is 10.8. The van der Waals surface area contributed by atoms with Crippen molar-refractivity contribution in [2.45, 2.75) is 19.3 Å². The summed E-state index contributed by atoms with van der Waals surface area (Å²) in [5.74, 6) is 0.0606. The molecule has 0 spiro atoms. The summed E-state index contributed by atoms with van der Waals surface area (Å²) in [5.41, 5.74) is 5.42. The topological polar surface area (TPSA) is 116 Å². The second kappa shape index (κ2) is 5.35. The number of anilines is 2. The number of nitro groups is 1. The average Bonchev–Trinajstić information content (AvgIpc) is 3.14. The molecule has 0 radical (unpaired) electrons. The third-order valence-electron chi connectivity index (χ3n) is 3.46. The maximum absolute atomic E-state index is 10.9. The molecule has 1 fully saturated rings. The second-order valence-electron chi connectivity index (χ2n) is 4.81. The highest BCUT2D eigenvalue weighted by atomic mass is 16.6. The Morgan fingerprint density at radius 2 is 2.32 bits per heavy atom. The predicted octanol–water partition coefficient (Wildman–Crippen LogP) is 1.20. The number of nitrogens with zero attached hydrogens (tertiary/aromatic N) is 3. The van der Waals surface area contributed by atoms with Gasteiger partial charge in [-0.05, 0) is 24.7 Å². The van der Waals surface area contributed by atoms with E-state index < -0.39 is 4.92 Å². The minimum absolute atomic E-state index is 0.121. The number of rotatable bonds is 7. The van der Waals surface area contributed by atoms with E-state index in [1.165, 1.54) is 6.33 Å². The smallest absolute Gasteiger partial charge is 0.352 e. The summed E-state index contributed by atoms with van der Waals surface area (Å²) in [6.45, 7) is 1.32. The van der Waals surface area contributed by atoms with Crippen LogP contribution in [-0.2, 0) is 4.74 Å². The summed E-state index contributed by atoms with van der Waals surface area (Å²) in [6, 6.07) is 0. The summed E-state index contributed by atoms with van der Waals surface area (Å²) >= 11 is 0. The van der Waals surface area contributed by atoms with E-state index in [0.717, 1.165) is 19.3 Å². The molecule has 3 N–H and O–H groups in total. The van der Waals surface area contributed by atoms with Crippen LogP contribution in [0, 0.1) is 15.5 Å². The van der Waals surface area contributed by atoms with Gasteiger partial charge in [0.15, 0.2) is 0 Å². The molecule has 0 unspecified atom stereocenters. The zero-order chi connectivity index (χ0) is 13.9. The summed E-state index contributed by atoms with van der Waals surface area (Å²) in [4.78, 5) is 17.9. The summed E-state index contributed by atoms with van der Waals surface area (Å²) in [5, 5.41) is 14.0. The van der Waals surface area contributed by atoms with Crippen molar-refractivity contribution in [1.82, 2.24) is 9.97 Å². The van der Waals surface area contributed by atoms with E-state index in [2.05, 4.69) is 15.3 Å². The Labute approximate surface area is 110 Å². The highest BCUT2D eigenvalue weighted by Crippen LogP contribution is 2.48. The Morgan fingerprint density at radius 1 is 1.58 bits per heavy atom. The monoisotopic (exact) mass is 267 g/mol. The van der Waals surface area contributed by atoms with E-state index in [4.69, 9.17) is 10.5 Å². The molecule has 1 saturated carbocycles. The van der Waals surface area contributed by atoms with Crippen LogP contribution in [-0.4, -0.2) is 35.2 Å². The minimum atomic E-state index is -0.563. The van der Waals surface area contributed by atoms with Gasteiger partial charge in [0.25, 0.3) is 0 Å². The standard InChI is InChI=1S/C11H17N5O3/c1-19-5-4-11(2-3-11)6-13-10-8(16(17)18)9(12)14-7-15-10/h7H,2-6H2,1H3,(H3,12,13,14,15). The molecule has 1 aliphatic rings. The molecule has 0 aromatic carbocycles. The van der Waals surface area contributed by atoms with Gasteiger partial charge in [0.1, 0.15) is 6.33 Å². The van der Waals surface area contributed by atoms with Gasteiger partial charge < -0.3 is 15.8 Å². The van der Waals surface area contributed by atoms with E-state index in [1.807, 2.05) is 0 Å². The number of aromatic nitrogens is 2. The van der Waals surface area contributed by atoms with Gasteiger partial charge >= 0.3 is 5.69 Å². The van der Waals surface area contributed by atoms with Crippen molar-refractivity contribution in [3.05, 3.63) is 16.4 Å². The maximum Gasteiger partial charge on any atom is 0.352 e. The van der Waals surface area contributed by atoms with Crippen LogP contribution in [0.4, 0.5) is 17.3 Å². The maximum atomic E-state index is 10.9. The Bertz CT molecular complexity index is 475. The van der Waals surface area contributed by atoms with E-state index in [0.29, 0.717) is 13.2 Å². The molecule has 0 atom stereocenters. The van der Waals surface area contributed by atoms with Crippen molar-refractivity contribution in [1.29, 1.82) is 0 Å². The van der Waals surface area contributed by atoms with Crippen molar-refractivity contribution in [3.63, 3.8) is 0 Å². The van der Waals surface area contributed by atoms with Crippen LogP contribution in [0.3, 0.4) is 0 Å². The summed E-state index contributed by atoms with van der Waals surface area (Å²) < 4.78 is 5.07. The van der Waals surface area contributed by atoms with Gasteiger partial charge in [-0.1, -0.05) is 0 Å². The van der Waals surface area contributed by atoms with Crippen LogP contribution >= 0.6 is 0 Å². The number of hydrogen-bond donors (Lipinski definition) is 2. The molecule has 0 bridgehead atoms. The molecule has 1 heterocycles. The van der Waals surface area contributed by atoms with Crippen molar-refractivity contribution in [2.24, 2.45) is 5.41 Å². The Hall–Kier alpha value is -1.96. The van der Waals surface area contributed by atoms with Crippen LogP contribution in [0.5, 0.6) is 0 Å². The lowest BCUT2D eigenvalue weighted by Crippen LogP contribution is -2.19. The van der Waals surface area contributed by atoms with Gasteiger partial charge in [0, 0.05) is 20.3 Å². The quantitative estimate of drug-likeness (QED) is 0.563. The van der Waals surface area contributed by atoms with Crippen LogP contribution in [0.1, 0.15) is 19.3 Å². The van der Waals surface area contributed by atoms with Crippen LogP contribution in [0.15, 0.2) is 6.33 Å². The van der Waals surface area contributed by atoms with Gasteiger partial charge in [-0.2, -0.15) is 0 Å². The lowest BCUT2D eigenvalue weighted by molar-refractivity contribution is -0.383. The van der Waals surface area contributed by atoms with Gasteiger partial charge in [-0.15, -0.1) is 0 Å². The Kier molecular flexibility index (Phi) is 3.79. The molecule has 19 heavy (non-hydrogen) atoms. The van der Waals surface area contributed by atoms with Gasteiger partial charge in [-0.25, -0.2) is 9.97 Å². The molecule has 8 nitrogen and oxygen atoms in total. The molecule has 1 aromatic heterocycles. The minimum Gasteiger partial charge on any atom is -0.385 e. The van der Waals surface area contributed by atoms with Gasteiger partial charge in [0.2, 0.25) is 11.6 Å². The number of nitrogen functional groups attached to an aromatic ring is 1. The fourth-order valence-corrected chi connectivity index (χ4v) is 1.98. The number of nitrogens with two attached hydrogens (primary N) is 1. The van der Waals surface area contributed by atoms with Crippen LogP contribution in [0.25, 0.3) is 0 Å². The Balaban J connectivity index is 2.04. The lowest BCUT2D eigenvalue weighted by atomic mass is 10.0. The van der Waals surface area contributed by atoms with E-state index in [9.17, 15) is 10.1 Å². The Morgan fingerprint density at radius 3 is 2.89 bits per heavy atom. The normalized spacial score (nSPS) is 16.1. The first-order chi connectivity index (χ1) is 9.08. The molecule has 1 aromatic rings. The third kappa shape index (κ3) is 3.08. The third-order valence-corrected chi connectivity index (χ3v) is 3.46. The van der Waals surface area contributed by atoms with Gasteiger partial charge in [0.05, 0.1) is 4.92 Å². The number of methoxy groups -OCH3 is 1. The zero-order valence-corrected chi connectivity index (χ0v) is 10.8. The average molecular weight is 267 g/mol. The summed E-state index contributed by atoms with van der Waals surface area (Å²) in [7, 11) is 1.67. The van der Waals surface area contributed by atoms with E-state index in [1.54, 1.807) is 7.11 Å². The number of hydrogen-bond acceptors (Lipinski definition) is 7. The molecule has 8 heteroatoms. The molecule has 104 valence electrons. The van der Waals surface area contributed by atoms with E-state index >= 15 is 0 Å². The molecular formula is C11H17N5O3. The fourth-order valence-electron chi connectivity index (χ4n) is 1.98. The molecule has 0 aliphatic heterocycles. The lowest BCUT2D eigenvalue weighted by Gasteiger charge is -2.15. The summed E-state index contributed by atoms with van der Waals surface area (Å²) in [6.07, 6.45) is 4.35. The van der Waals surface area contributed by atoms with Crippen molar-refractivity contribution in [2.75, 3.05) is 31.3 Å². The van der Waals surface area contributed by atoms with Crippen molar-refractivity contribution >= 4 is 17.3 Å². The molecule has 0 saturated heterocycles. The largest absolute Gasteiger partial charge is 0.385 e. The SMILES string of the molecule is COCCC1(CNc2ncnc(N)c2[N+](=O)[O-])CC1. The van der Waals surface area contributed by atoms with Gasteiger partial charge in [-0.3, -0.25) is 10.1 Å². The number of nitrogens with one attached hydrogen (secondary N) is 1. The fraction of sp³-hybridized carbons (Fsp3) is 0.636. The number of ether oxygens (including phenoxy) is 1. The first kappa shape index (κ1) is 13.5. The van der Waals surface area contributed by atoms with Crippen molar-refractivity contribution < 1.29 is 9.66 Å². The predicted molar refractivity (Wildman–Crippen MR) is 69.7 cm³/mol. The molecule has 2 rings (SSSR count). The second-order valence-corrected chi connectivity index (χ2v) is 4.81. The van der Waals surface area contributed by atoms with Crippen LogP contribution in [0.2, 0.25) is 0 Å². The first-order valence-corrected chi connectivity index (χ1v) is 6.06. The molecular weight excluding hydrogens is 250 g/mol. The van der Waals surface area contributed by atoms with Crippen LogP contribution < -0.4 is 11.1 Å². The highest BCUT2D eigenvalue weighted by Gasteiger charge is 2.42. The van der Waals surface area contributed by atoms with E-state index in [-0.39, 0.29) is 22.7 Å². The van der Waals surface area contributed by atoms with Crippen molar-refractivity contribution in [3.8, 4) is 0 Å². The highest BCUT2D eigenvalue weighted by molar-refractivity contribution is 5.67.